The van der Waals surface area contributed by atoms with Crippen LogP contribution in [-0.2, 0) is 16.1 Å². The van der Waals surface area contributed by atoms with Crippen LogP contribution in [0.1, 0.15) is 17.0 Å². The quantitative estimate of drug-likeness (QED) is 0.458. The van der Waals surface area contributed by atoms with E-state index < -0.39 is 5.97 Å². The van der Waals surface area contributed by atoms with E-state index in [1.807, 2.05) is 37.3 Å². The van der Waals surface area contributed by atoms with Crippen molar-refractivity contribution in [1.29, 1.82) is 5.26 Å². The molecule has 7 nitrogen and oxygen atoms in total. The third-order valence-corrected chi connectivity index (χ3v) is 3.71. The Kier molecular flexibility index (Phi) is 6.16. The van der Waals surface area contributed by atoms with Gasteiger partial charge in [0.2, 0.25) is 5.82 Å². The molecule has 0 aliphatic carbocycles. The number of hydrogen-bond donors (Lipinski definition) is 0. The van der Waals surface area contributed by atoms with E-state index in [2.05, 4.69) is 10.1 Å². The number of hydrogen-bond acceptors (Lipinski definition) is 7. The number of aromatic nitrogens is 2. The van der Waals surface area contributed by atoms with E-state index in [0.29, 0.717) is 11.6 Å². The highest BCUT2D eigenvalue weighted by molar-refractivity contribution is 5.87. The second-order valence-electron chi connectivity index (χ2n) is 5.84. The zero-order valence-corrected chi connectivity index (χ0v) is 15.2. The molecule has 1 heterocycles. The van der Waals surface area contributed by atoms with E-state index in [1.165, 1.54) is 6.08 Å². The molecule has 0 saturated carbocycles. The first kappa shape index (κ1) is 18.9. The van der Waals surface area contributed by atoms with Crippen molar-refractivity contribution in [3.8, 4) is 23.3 Å². The van der Waals surface area contributed by atoms with Gasteiger partial charge in [-0.25, -0.2) is 4.79 Å². The zero-order valence-electron chi connectivity index (χ0n) is 15.2. The van der Waals surface area contributed by atoms with E-state index in [9.17, 15) is 4.79 Å². The van der Waals surface area contributed by atoms with Gasteiger partial charge in [0, 0.05) is 11.6 Å². The lowest BCUT2D eigenvalue weighted by molar-refractivity contribution is -0.139. The Morgan fingerprint density at radius 2 is 1.93 bits per heavy atom. The van der Waals surface area contributed by atoms with Gasteiger partial charge in [0.05, 0.1) is 0 Å². The first-order chi connectivity index (χ1) is 13.6. The van der Waals surface area contributed by atoms with Crippen molar-refractivity contribution < 1.29 is 18.8 Å². The van der Waals surface area contributed by atoms with E-state index >= 15 is 0 Å². The number of carbonyl (C=O) groups is 1. The summed E-state index contributed by atoms with van der Waals surface area (Å²) in [7, 11) is 0. The van der Waals surface area contributed by atoms with Crippen LogP contribution < -0.4 is 4.74 Å². The monoisotopic (exact) mass is 375 g/mol. The third-order valence-electron chi connectivity index (χ3n) is 3.71. The van der Waals surface area contributed by atoms with Gasteiger partial charge >= 0.3 is 5.97 Å². The maximum absolute atomic E-state index is 11.9. The fraction of sp³-hybridized carbons (Fsp3) is 0.143. The normalized spacial score (nSPS) is 10.6. The van der Waals surface area contributed by atoms with Crippen LogP contribution in [0.4, 0.5) is 0 Å². The minimum Gasteiger partial charge on any atom is -0.479 e. The maximum Gasteiger partial charge on any atom is 0.331 e. The number of carbonyl (C=O) groups excluding carboxylic acids is 1. The Balaban J connectivity index is 1.51. The smallest absolute Gasteiger partial charge is 0.331 e. The van der Waals surface area contributed by atoms with Crippen molar-refractivity contribution in [1.82, 2.24) is 10.1 Å². The molecule has 0 unspecified atom stereocenters. The minimum atomic E-state index is -0.522. The summed E-state index contributed by atoms with van der Waals surface area (Å²) in [5.74, 6) is 0.728. The van der Waals surface area contributed by atoms with Gasteiger partial charge < -0.3 is 14.0 Å². The molecule has 0 atom stereocenters. The van der Waals surface area contributed by atoms with Gasteiger partial charge in [0.1, 0.15) is 11.8 Å². The largest absolute Gasteiger partial charge is 0.479 e. The molecular weight excluding hydrogens is 358 g/mol. The molecule has 0 fully saturated rings. The van der Waals surface area contributed by atoms with Gasteiger partial charge in [-0.2, -0.15) is 10.2 Å². The fourth-order valence-corrected chi connectivity index (χ4v) is 2.26. The summed E-state index contributed by atoms with van der Waals surface area (Å²) in [6.45, 7) is 1.90. The average molecular weight is 375 g/mol. The molecule has 0 radical (unpaired) electrons. The van der Waals surface area contributed by atoms with Gasteiger partial charge in [-0.05, 0) is 42.8 Å². The van der Waals surface area contributed by atoms with Gasteiger partial charge in [0.15, 0.2) is 13.2 Å². The number of ether oxygens (including phenoxy) is 2. The highest BCUT2D eigenvalue weighted by Crippen LogP contribution is 2.18. The Labute approximate surface area is 161 Å². The van der Waals surface area contributed by atoms with Crippen LogP contribution in [0.15, 0.2) is 59.1 Å². The van der Waals surface area contributed by atoms with E-state index in [4.69, 9.17) is 19.3 Å². The summed E-state index contributed by atoms with van der Waals surface area (Å²) in [5.41, 5.74) is 2.73. The number of rotatable bonds is 7. The van der Waals surface area contributed by atoms with Gasteiger partial charge in [-0.1, -0.05) is 35.0 Å². The van der Waals surface area contributed by atoms with Crippen LogP contribution in [0.5, 0.6) is 5.75 Å². The van der Waals surface area contributed by atoms with Crippen LogP contribution in [-0.4, -0.2) is 22.7 Å². The summed E-state index contributed by atoms with van der Waals surface area (Å²) in [4.78, 5) is 16.1. The summed E-state index contributed by atoms with van der Waals surface area (Å²) in [6.07, 6.45) is 2.93. The predicted molar refractivity (Wildman–Crippen MR) is 101 cm³/mol. The number of nitriles is 1. The van der Waals surface area contributed by atoms with Crippen LogP contribution in [0, 0.1) is 18.3 Å². The van der Waals surface area contributed by atoms with Crippen molar-refractivity contribution in [3.05, 3.63) is 71.6 Å². The summed E-state index contributed by atoms with van der Waals surface area (Å²) in [5, 5.41) is 12.3. The molecule has 140 valence electrons. The molecule has 3 rings (SSSR count). The first-order valence-electron chi connectivity index (χ1n) is 8.48. The number of benzene rings is 2. The molecule has 0 aliphatic heterocycles. The van der Waals surface area contributed by atoms with Gasteiger partial charge in [-0.3, -0.25) is 0 Å². The molecule has 0 saturated heterocycles. The Bertz CT molecular complexity index is 999. The standard InChI is InChI=1S/C21H17N3O4/c1-15-2-7-17(8-3-15)21-23-19(24-28-21)14-27-20(25)11-6-16-4-9-18(10-5-16)26-13-12-22/h2-11H,13-14H2,1H3/b11-6+. The van der Waals surface area contributed by atoms with Crippen molar-refractivity contribution in [2.75, 3.05) is 6.61 Å². The Morgan fingerprint density at radius 1 is 1.18 bits per heavy atom. The highest BCUT2D eigenvalue weighted by Gasteiger charge is 2.10. The van der Waals surface area contributed by atoms with E-state index in [1.54, 1.807) is 30.3 Å². The Morgan fingerprint density at radius 3 is 2.64 bits per heavy atom. The molecule has 2 aromatic carbocycles. The summed E-state index contributed by atoms with van der Waals surface area (Å²) in [6, 6.07) is 16.5. The molecule has 0 amide bonds. The van der Waals surface area contributed by atoms with E-state index in [-0.39, 0.29) is 19.0 Å². The van der Waals surface area contributed by atoms with Crippen molar-refractivity contribution in [2.24, 2.45) is 0 Å². The first-order valence-corrected chi connectivity index (χ1v) is 8.48. The van der Waals surface area contributed by atoms with E-state index in [0.717, 1.165) is 16.7 Å². The van der Waals surface area contributed by atoms with Gasteiger partial charge in [0.25, 0.3) is 5.89 Å². The molecule has 0 N–H and O–H groups in total. The average Bonchev–Trinajstić information content (AvgIpc) is 3.19. The Hall–Kier alpha value is -3.92. The molecule has 28 heavy (non-hydrogen) atoms. The van der Waals surface area contributed by atoms with Crippen LogP contribution in [0.2, 0.25) is 0 Å². The summed E-state index contributed by atoms with van der Waals surface area (Å²) < 4.78 is 15.5. The topological polar surface area (TPSA) is 98.2 Å². The second kappa shape index (κ2) is 9.14. The molecular formula is C21H17N3O4. The molecule has 7 heteroatoms. The minimum absolute atomic E-state index is 0.0107. The maximum atomic E-state index is 11.9. The number of aryl methyl sites for hydroxylation is 1. The van der Waals surface area contributed by atoms with Crippen LogP contribution >= 0.6 is 0 Å². The lowest BCUT2D eigenvalue weighted by atomic mass is 10.1. The molecule has 3 aromatic rings. The second-order valence-corrected chi connectivity index (χ2v) is 5.84. The van der Waals surface area contributed by atoms with Crippen LogP contribution in [0.25, 0.3) is 17.5 Å². The predicted octanol–water partition coefficient (Wildman–Crippen LogP) is 3.70. The SMILES string of the molecule is Cc1ccc(-c2nc(COC(=O)/C=C/c3ccc(OCC#N)cc3)no2)cc1. The molecule has 0 aliphatic rings. The highest BCUT2D eigenvalue weighted by atomic mass is 16.5. The van der Waals surface area contributed by atoms with Crippen molar-refractivity contribution in [2.45, 2.75) is 13.5 Å². The molecule has 1 aromatic heterocycles. The molecule has 0 bridgehead atoms. The number of esters is 1. The lowest BCUT2D eigenvalue weighted by Gasteiger charge is -2.01. The van der Waals surface area contributed by atoms with Crippen molar-refractivity contribution >= 4 is 12.0 Å². The third kappa shape index (κ3) is 5.29. The number of nitrogens with zero attached hydrogens (tertiary/aromatic N) is 3. The lowest BCUT2D eigenvalue weighted by Crippen LogP contribution is -2.02. The fourth-order valence-electron chi connectivity index (χ4n) is 2.26. The summed E-state index contributed by atoms with van der Waals surface area (Å²) >= 11 is 0. The van der Waals surface area contributed by atoms with Gasteiger partial charge in [-0.15, -0.1) is 0 Å². The zero-order chi connectivity index (χ0) is 19.8. The van der Waals surface area contributed by atoms with Crippen molar-refractivity contribution in [3.63, 3.8) is 0 Å². The van der Waals surface area contributed by atoms with Crippen LogP contribution in [0.3, 0.4) is 0 Å². The molecule has 0 spiro atoms.